The van der Waals surface area contributed by atoms with E-state index in [1.165, 1.54) is 13.1 Å². The lowest BCUT2D eigenvalue weighted by Crippen LogP contribution is -2.38. The Balaban J connectivity index is 1.77. The van der Waals surface area contributed by atoms with Crippen molar-refractivity contribution < 1.29 is 14.4 Å². The number of carbonyl (C=O) groups excluding carboxylic acids is 3. The first kappa shape index (κ1) is 18.1. The van der Waals surface area contributed by atoms with Crippen LogP contribution >= 0.6 is 11.3 Å². The van der Waals surface area contributed by atoms with Gasteiger partial charge in [0.1, 0.15) is 0 Å². The summed E-state index contributed by atoms with van der Waals surface area (Å²) >= 11 is 1.59. The number of benzene rings is 1. The van der Waals surface area contributed by atoms with Crippen LogP contribution in [0.25, 0.3) is 0 Å². The van der Waals surface area contributed by atoms with Crippen LogP contribution in [0.4, 0.5) is 10.5 Å². The molecule has 2 aromatic rings. The standard InChI is InChI=1S/C19H21N3O3S/c1-19(2,3)15(14-6-5-9-26-14)21-18(25)20-11-7-8-12-13(10-11)17(24)22(4)16(12)23/h5-10,15H,1-4H3,(H2,20,21,25). The summed E-state index contributed by atoms with van der Waals surface area (Å²) in [6.07, 6.45) is 0. The molecule has 1 unspecified atom stereocenters. The minimum atomic E-state index is -0.361. The Morgan fingerprint density at radius 3 is 2.42 bits per heavy atom. The molecule has 1 aromatic heterocycles. The number of carbonyl (C=O) groups is 3. The first-order chi connectivity index (χ1) is 12.2. The van der Waals surface area contributed by atoms with Crippen molar-refractivity contribution in [1.82, 2.24) is 10.2 Å². The number of anilines is 1. The number of nitrogens with zero attached hydrogens (tertiary/aromatic N) is 1. The third-order valence-electron chi connectivity index (χ3n) is 4.32. The monoisotopic (exact) mass is 371 g/mol. The lowest BCUT2D eigenvalue weighted by molar-refractivity contribution is 0.0693. The number of amides is 4. The van der Waals surface area contributed by atoms with Gasteiger partial charge in [0.05, 0.1) is 17.2 Å². The van der Waals surface area contributed by atoms with Crippen molar-refractivity contribution in [2.24, 2.45) is 5.41 Å². The number of hydrogen-bond donors (Lipinski definition) is 2. The summed E-state index contributed by atoms with van der Waals surface area (Å²) in [5.41, 5.74) is 0.970. The second kappa shape index (κ2) is 6.57. The van der Waals surface area contributed by atoms with Gasteiger partial charge in [0.15, 0.2) is 0 Å². The minimum Gasteiger partial charge on any atom is -0.330 e. The van der Waals surface area contributed by atoms with Crippen LogP contribution < -0.4 is 10.6 Å². The van der Waals surface area contributed by atoms with Crippen molar-refractivity contribution in [3.8, 4) is 0 Å². The maximum Gasteiger partial charge on any atom is 0.319 e. The van der Waals surface area contributed by atoms with Gasteiger partial charge in [-0.2, -0.15) is 0 Å². The van der Waals surface area contributed by atoms with Crippen LogP contribution in [0.3, 0.4) is 0 Å². The number of thiophene rings is 1. The highest BCUT2D eigenvalue weighted by molar-refractivity contribution is 7.10. The predicted octanol–water partition coefficient (Wildman–Crippen LogP) is 3.88. The lowest BCUT2D eigenvalue weighted by atomic mass is 9.86. The minimum absolute atomic E-state index is 0.147. The highest BCUT2D eigenvalue weighted by atomic mass is 32.1. The highest BCUT2D eigenvalue weighted by Gasteiger charge is 2.33. The Morgan fingerprint density at radius 1 is 1.12 bits per heavy atom. The summed E-state index contributed by atoms with van der Waals surface area (Å²) in [6, 6.07) is 8.18. The smallest absolute Gasteiger partial charge is 0.319 e. The fraction of sp³-hybridized carbons (Fsp3) is 0.316. The zero-order valence-corrected chi connectivity index (χ0v) is 15.9. The van der Waals surface area contributed by atoms with E-state index in [1.807, 2.05) is 17.5 Å². The number of fused-ring (bicyclic) bond motifs is 1. The zero-order valence-electron chi connectivity index (χ0n) is 15.1. The normalized spacial score (nSPS) is 15.0. The fourth-order valence-corrected chi connectivity index (χ4v) is 3.93. The Morgan fingerprint density at radius 2 is 1.81 bits per heavy atom. The van der Waals surface area contributed by atoms with E-state index in [1.54, 1.807) is 23.5 Å². The highest BCUT2D eigenvalue weighted by Crippen LogP contribution is 2.35. The van der Waals surface area contributed by atoms with Crippen LogP contribution in [0.15, 0.2) is 35.7 Å². The van der Waals surface area contributed by atoms with E-state index in [4.69, 9.17) is 0 Å². The number of nitrogens with one attached hydrogen (secondary N) is 2. The average molecular weight is 371 g/mol. The Kier molecular flexibility index (Phi) is 4.58. The van der Waals surface area contributed by atoms with Crippen molar-refractivity contribution in [1.29, 1.82) is 0 Å². The van der Waals surface area contributed by atoms with E-state index in [2.05, 4.69) is 31.4 Å². The van der Waals surface area contributed by atoms with Gasteiger partial charge in [-0.25, -0.2) is 4.79 Å². The molecule has 1 aliphatic heterocycles. The van der Waals surface area contributed by atoms with Gasteiger partial charge >= 0.3 is 6.03 Å². The first-order valence-electron chi connectivity index (χ1n) is 8.26. The molecule has 7 heteroatoms. The summed E-state index contributed by atoms with van der Waals surface area (Å²) in [6.45, 7) is 6.19. The predicted molar refractivity (Wildman–Crippen MR) is 102 cm³/mol. The largest absolute Gasteiger partial charge is 0.330 e. The molecular formula is C19H21N3O3S. The Hall–Kier alpha value is -2.67. The lowest BCUT2D eigenvalue weighted by Gasteiger charge is -2.30. The van der Waals surface area contributed by atoms with Crippen LogP contribution in [0.1, 0.15) is 52.4 Å². The summed E-state index contributed by atoms with van der Waals surface area (Å²) < 4.78 is 0. The maximum atomic E-state index is 12.5. The molecule has 1 aromatic carbocycles. The molecule has 4 amide bonds. The van der Waals surface area contributed by atoms with Gasteiger partial charge in [-0.15, -0.1) is 11.3 Å². The molecule has 1 atom stereocenters. The van der Waals surface area contributed by atoms with Gasteiger partial charge < -0.3 is 10.6 Å². The molecule has 2 N–H and O–H groups in total. The van der Waals surface area contributed by atoms with E-state index in [-0.39, 0.29) is 29.3 Å². The second-order valence-corrected chi connectivity index (χ2v) is 8.32. The number of imide groups is 1. The Bertz CT molecular complexity index is 869. The zero-order chi connectivity index (χ0) is 19.1. The molecule has 0 bridgehead atoms. The van der Waals surface area contributed by atoms with Crippen LogP contribution in [0.2, 0.25) is 0 Å². The van der Waals surface area contributed by atoms with Gasteiger partial charge in [-0.3, -0.25) is 14.5 Å². The van der Waals surface area contributed by atoms with Gasteiger partial charge in [0.2, 0.25) is 0 Å². The van der Waals surface area contributed by atoms with E-state index in [0.717, 1.165) is 9.78 Å². The van der Waals surface area contributed by atoms with E-state index >= 15 is 0 Å². The summed E-state index contributed by atoms with van der Waals surface area (Å²) in [5, 5.41) is 7.74. The second-order valence-electron chi connectivity index (χ2n) is 7.34. The number of rotatable bonds is 3. The molecule has 0 radical (unpaired) electrons. The van der Waals surface area contributed by atoms with Crippen molar-refractivity contribution in [3.05, 3.63) is 51.7 Å². The molecule has 3 rings (SSSR count). The fourth-order valence-electron chi connectivity index (χ4n) is 2.91. The van der Waals surface area contributed by atoms with Crippen LogP contribution in [0, 0.1) is 5.41 Å². The molecule has 1 aliphatic rings. The SMILES string of the molecule is CN1C(=O)c2ccc(NC(=O)NC(c3cccs3)C(C)(C)C)cc2C1=O. The average Bonchev–Trinajstić information content (AvgIpc) is 3.16. The molecule has 0 aliphatic carbocycles. The maximum absolute atomic E-state index is 12.5. The third-order valence-corrected chi connectivity index (χ3v) is 5.25. The van der Waals surface area contributed by atoms with Gasteiger partial charge in [0, 0.05) is 17.6 Å². The topological polar surface area (TPSA) is 78.5 Å². The molecule has 0 saturated heterocycles. The number of hydrogen-bond acceptors (Lipinski definition) is 4. The molecule has 0 fully saturated rings. The summed E-state index contributed by atoms with van der Waals surface area (Å²) in [7, 11) is 1.44. The van der Waals surface area contributed by atoms with Gasteiger partial charge in [-0.1, -0.05) is 26.8 Å². The van der Waals surface area contributed by atoms with E-state index < -0.39 is 0 Å². The molecular weight excluding hydrogens is 350 g/mol. The third kappa shape index (κ3) is 3.35. The Labute approximate surface area is 156 Å². The molecule has 2 heterocycles. The quantitative estimate of drug-likeness (QED) is 0.804. The number of urea groups is 1. The van der Waals surface area contributed by atoms with Gasteiger partial charge in [0.25, 0.3) is 11.8 Å². The molecule has 0 saturated carbocycles. The van der Waals surface area contributed by atoms with Crippen molar-refractivity contribution in [3.63, 3.8) is 0 Å². The van der Waals surface area contributed by atoms with Crippen LogP contribution in [0.5, 0.6) is 0 Å². The summed E-state index contributed by atoms with van der Waals surface area (Å²) in [4.78, 5) is 38.7. The van der Waals surface area contributed by atoms with E-state index in [9.17, 15) is 14.4 Å². The van der Waals surface area contributed by atoms with Gasteiger partial charge in [-0.05, 0) is 35.1 Å². The van der Waals surface area contributed by atoms with Crippen LogP contribution in [-0.4, -0.2) is 29.8 Å². The van der Waals surface area contributed by atoms with E-state index in [0.29, 0.717) is 16.8 Å². The summed E-state index contributed by atoms with van der Waals surface area (Å²) in [5.74, 6) is -0.688. The molecule has 26 heavy (non-hydrogen) atoms. The van der Waals surface area contributed by atoms with Crippen molar-refractivity contribution in [2.75, 3.05) is 12.4 Å². The first-order valence-corrected chi connectivity index (χ1v) is 9.14. The van der Waals surface area contributed by atoms with Crippen LogP contribution in [-0.2, 0) is 0 Å². The van der Waals surface area contributed by atoms with Crippen molar-refractivity contribution in [2.45, 2.75) is 26.8 Å². The molecule has 6 nitrogen and oxygen atoms in total. The molecule has 0 spiro atoms. The van der Waals surface area contributed by atoms with Crippen molar-refractivity contribution >= 4 is 34.9 Å². The molecule has 136 valence electrons.